The van der Waals surface area contributed by atoms with Crippen LogP contribution in [-0.4, -0.2) is 60.6 Å². The molecule has 5 aromatic rings. The Labute approximate surface area is 254 Å². The summed E-state index contributed by atoms with van der Waals surface area (Å²) >= 11 is 0. The van der Waals surface area contributed by atoms with E-state index in [-0.39, 0.29) is 18.0 Å². The van der Waals surface area contributed by atoms with Crippen LogP contribution >= 0.6 is 0 Å². The van der Waals surface area contributed by atoms with Crippen molar-refractivity contribution in [3.05, 3.63) is 59.9 Å². The molecule has 3 atom stereocenters. The normalized spacial score (nSPS) is 20.9. The minimum absolute atomic E-state index is 0.00964. The SMILES string of the molecule is COc1cc(C(=O)N2CC3CCC2C3N)cc2nc(-c3cc4ccc(Nc5ccc(C#N)nc5)nc4n3CC3CC3)n(C)c12. The smallest absolute Gasteiger partial charge is 0.254 e. The van der Waals surface area contributed by atoms with E-state index >= 15 is 0 Å². The Morgan fingerprint density at radius 3 is 2.68 bits per heavy atom. The third-order valence-corrected chi connectivity index (χ3v) is 9.58. The van der Waals surface area contributed by atoms with E-state index in [1.807, 2.05) is 42.3 Å². The number of likely N-dealkylation sites (tertiary alicyclic amines) is 1. The molecular formula is C33H33N9O2. The van der Waals surface area contributed by atoms with Crippen molar-refractivity contribution in [1.29, 1.82) is 5.26 Å². The third-order valence-electron chi connectivity index (χ3n) is 9.58. The van der Waals surface area contributed by atoms with E-state index in [2.05, 4.69) is 31.6 Å². The van der Waals surface area contributed by atoms with Gasteiger partial charge in [-0.15, -0.1) is 0 Å². The van der Waals surface area contributed by atoms with Crippen LogP contribution in [0.5, 0.6) is 5.75 Å². The number of pyridine rings is 2. The highest BCUT2D eigenvalue weighted by atomic mass is 16.5. The van der Waals surface area contributed by atoms with Gasteiger partial charge in [0.05, 0.1) is 30.2 Å². The number of nitrogens with two attached hydrogens (primary N) is 1. The molecule has 11 heteroatoms. The number of aryl methyl sites for hydroxylation is 1. The van der Waals surface area contributed by atoms with Crippen molar-refractivity contribution in [2.24, 2.45) is 24.6 Å². The molecule has 3 aliphatic rings. The molecule has 1 saturated heterocycles. The molecule has 2 saturated carbocycles. The molecule has 4 aromatic heterocycles. The molecule has 2 bridgehead atoms. The molecule has 1 aromatic carbocycles. The topological polar surface area (TPSA) is 140 Å². The number of amides is 1. The second-order valence-corrected chi connectivity index (χ2v) is 12.3. The molecular weight excluding hydrogens is 554 g/mol. The number of nitriles is 1. The van der Waals surface area contributed by atoms with Gasteiger partial charge in [0.1, 0.15) is 34.5 Å². The van der Waals surface area contributed by atoms with E-state index in [1.165, 1.54) is 12.8 Å². The number of rotatable bonds is 7. The lowest BCUT2D eigenvalue weighted by Gasteiger charge is -2.27. The molecule has 44 heavy (non-hydrogen) atoms. The van der Waals surface area contributed by atoms with Crippen LogP contribution in [0.1, 0.15) is 41.7 Å². The van der Waals surface area contributed by atoms with Gasteiger partial charge in [0, 0.05) is 43.2 Å². The number of carbonyl (C=O) groups is 1. The first-order valence-corrected chi connectivity index (χ1v) is 15.2. The standard InChI is InChI=1S/C33H33N9O2/c1-40-30-24(11-21(13-27(30)44-2)33(43)42-17-20-5-9-25(42)29(20)35)38-32(40)26-12-19-6-10-28(37-23-8-7-22(14-34)36-15-23)39-31(19)41(26)16-18-3-4-18/h6-8,10-13,15,18,20,25,29H,3-5,9,16-17,35H2,1-2H3,(H,37,39). The maximum atomic E-state index is 13.7. The molecule has 5 heterocycles. The second kappa shape index (κ2) is 10.1. The summed E-state index contributed by atoms with van der Waals surface area (Å²) in [7, 11) is 3.62. The summed E-state index contributed by atoms with van der Waals surface area (Å²) in [5.74, 6) is 3.07. The maximum absolute atomic E-state index is 13.7. The Hall–Kier alpha value is -4.95. The number of piperidine rings is 1. The number of hydrogen-bond acceptors (Lipinski definition) is 8. The van der Waals surface area contributed by atoms with E-state index in [0.717, 1.165) is 53.1 Å². The van der Waals surface area contributed by atoms with Crippen molar-refractivity contribution < 1.29 is 9.53 Å². The largest absolute Gasteiger partial charge is 0.494 e. The number of anilines is 2. The molecule has 3 unspecified atom stereocenters. The van der Waals surface area contributed by atoms with Crippen LogP contribution in [0.15, 0.2) is 48.7 Å². The summed E-state index contributed by atoms with van der Waals surface area (Å²) in [6.45, 7) is 1.56. The van der Waals surface area contributed by atoms with Crippen molar-refractivity contribution in [2.45, 2.75) is 44.3 Å². The molecule has 0 radical (unpaired) electrons. The lowest BCUT2D eigenvalue weighted by Crippen LogP contribution is -2.41. The summed E-state index contributed by atoms with van der Waals surface area (Å²) in [4.78, 5) is 29.9. The highest BCUT2D eigenvalue weighted by Crippen LogP contribution is 2.40. The number of ether oxygens (including phenoxy) is 1. The van der Waals surface area contributed by atoms with Crippen LogP contribution in [0, 0.1) is 23.2 Å². The van der Waals surface area contributed by atoms with E-state index in [1.54, 1.807) is 19.4 Å². The quantitative estimate of drug-likeness (QED) is 0.282. The average molecular weight is 588 g/mol. The monoisotopic (exact) mass is 587 g/mol. The number of methoxy groups -OCH3 is 1. The van der Waals surface area contributed by atoms with Crippen molar-refractivity contribution in [3.8, 4) is 23.3 Å². The number of nitrogens with zero attached hydrogens (tertiary/aromatic N) is 7. The Kier molecular flexibility index (Phi) is 6.10. The van der Waals surface area contributed by atoms with Gasteiger partial charge >= 0.3 is 0 Å². The van der Waals surface area contributed by atoms with Crippen LogP contribution in [0.25, 0.3) is 33.6 Å². The van der Waals surface area contributed by atoms with Crippen molar-refractivity contribution in [1.82, 2.24) is 29.0 Å². The molecule has 1 amide bonds. The molecule has 11 nitrogen and oxygen atoms in total. The second-order valence-electron chi connectivity index (χ2n) is 12.3. The fraction of sp³-hybridized carbons (Fsp3) is 0.364. The van der Waals surface area contributed by atoms with Crippen LogP contribution in [-0.2, 0) is 13.6 Å². The highest BCUT2D eigenvalue weighted by Gasteiger charge is 2.47. The summed E-state index contributed by atoms with van der Waals surface area (Å²) in [5, 5.41) is 13.4. The number of benzene rings is 1. The van der Waals surface area contributed by atoms with Crippen molar-refractivity contribution in [3.63, 3.8) is 0 Å². The van der Waals surface area contributed by atoms with Crippen LogP contribution in [0.4, 0.5) is 11.5 Å². The van der Waals surface area contributed by atoms with Crippen molar-refractivity contribution >= 4 is 39.5 Å². The van der Waals surface area contributed by atoms with E-state index in [0.29, 0.717) is 46.7 Å². The van der Waals surface area contributed by atoms with Crippen molar-refractivity contribution in [2.75, 3.05) is 19.0 Å². The van der Waals surface area contributed by atoms with Gasteiger partial charge in [0.15, 0.2) is 5.82 Å². The predicted molar refractivity (Wildman–Crippen MR) is 166 cm³/mol. The highest BCUT2D eigenvalue weighted by molar-refractivity contribution is 6.00. The van der Waals surface area contributed by atoms with Gasteiger partial charge in [-0.25, -0.2) is 15.0 Å². The Balaban J connectivity index is 1.19. The zero-order valence-electron chi connectivity index (χ0n) is 24.7. The number of hydrogen-bond donors (Lipinski definition) is 2. The molecule has 8 rings (SSSR count). The summed E-state index contributed by atoms with van der Waals surface area (Å²) in [6, 6.07) is 15.6. The predicted octanol–water partition coefficient (Wildman–Crippen LogP) is 4.58. The van der Waals surface area contributed by atoms with Gasteiger partial charge in [-0.3, -0.25) is 4.79 Å². The lowest BCUT2D eigenvalue weighted by atomic mass is 10.1. The first-order valence-electron chi connectivity index (χ1n) is 15.2. The van der Waals surface area contributed by atoms with Crippen LogP contribution < -0.4 is 15.8 Å². The number of fused-ring (bicyclic) bond motifs is 4. The zero-order chi connectivity index (χ0) is 30.1. The Morgan fingerprint density at radius 2 is 2.00 bits per heavy atom. The molecule has 222 valence electrons. The Bertz CT molecular complexity index is 1980. The minimum Gasteiger partial charge on any atom is -0.494 e. The molecule has 3 N–H and O–H groups in total. The van der Waals surface area contributed by atoms with E-state index in [9.17, 15) is 4.79 Å². The maximum Gasteiger partial charge on any atom is 0.254 e. The fourth-order valence-electron chi connectivity index (χ4n) is 7.07. The van der Waals surface area contributed by atoms with Gasteiger partial charge in [-0.2, -0.15) is 5.26 Å². The summed E-state index contributed by atoms with van der Waals surface area (Å²) in [5.41, 5.74) is 11.5. The van der Waals surface area contributed by atoms with Crippen LogP contribution in [0.2, 0.25) is 0 Å². The van der Waals surface area contributed by atoms with E-state index < -0.39 is 0 Å². The average Bonchev–Trinajstić information content (AvgIpc) is 3.45. The van der Waals surface area contributed by atoms with E-state index in [4.69, 9.17) is 25.7 Å². The molecule has 1 aliphatic heterocycles. The summed E-state index contributed by atoms with van der Waals surface area (Å²) in [6.07, 6.45) is 6.07. The van der Waals surface area contributed by atoms with Crippen LogP contribution in [0.3, 0.4) is 0 Å². The number of carbonyl (C=O) groups excluding carboxylic acids is 1. The number of nitrogens with one attached hydrogen (secondary N) is 1. The minimum atomic E-state index is -0.00964. The molecule has 3 fully saturated rings. The Morgan fingerprint density at radius 1 is 1.14 bits per heavy atom. The van der Waals surface area contributed by atoms with Gasteiger partial charge in [0.2, 0.25) is 0 Å². The first kappa shape index (κ1) is 26.7. The lowest BCUT2D eigenvalue weighted by molar-refractivity contribution is 0.0700. The van der Waals surface area contributed by atoms with Gasteiger partial charge in [0.25, 0.3) is 5.91 Å². The first-order chi connectivity index (χ1) is 21.4. The molecule has 0 spiro atoms. The van der Waals surface area contributed by atoms with Gasteiger partial charge in [-0.1, -0.05) is 0 Å². The number of imidazole rings is 1. The van der Waals surface area contributed by atoms with Gasteiger partial charge in [-0.05, 0) is 80.0 Å². The number of aromatic nitrogens is 5. The van der Waals surface area contributed by atoms with Gasteiger partial charge < -0.3 is 29.8 Å². The summed E-state index contributed by atoms with van der Waals surface area (Å²) < 4.78 is 10.2. The zero-order valence-corrected chi connectivity index (χ0v) is 24.7. The third kappa shape index (κ3) is 4.28. The fourth-order valence-corrected chi connectivity index (χ4v) is 7.07. The molecule has 2 aliphatic carbocycles.